The minimum atomic E-state index is -0.571. The number of benzene rings is 1. The summed E-state index contributed by atoms with van der Waals surface area (Å²) in [5.41, 5.74) is 0.0547. The van der Waals surface area contributed by atoms with Crippen LogP contribution in [0, 0.1) is 15.9 Å². The van der Waals surface area contributed by atoms with E-state index < -0.39 is 10.7 Å². The predicted molar refractivity (Wildman–Crippen MR) is 53.8 cm³/mol. The molecule has 0 radical (unpaired) electrons. The molecule has 4 nitrogen and oxygen atoms in total. The van der Waals surface area contributed by atoms with Gasteiger partial charge in [0, 0.05) is 12.7 Å². The van der Waals surface area contributed by atoms with Gasteiger partial charge in [0.1, 0.15) is 5.82 Å². The van der Waals surface area contributed by atoms with Gasteiger partial charge in [0.15, 0.2) is 0 Å². The zero-order valence-corrected chi connectivity index (χ0v) is 7.89. The van der Waals surface area contributed by atoms with E-state index in [2.05, 4.69) is 0 Å². The lowest BCUT2D eigenvalue weighted by atomic mass is 10.1. The number of hydrogen-bond acceptors (Lipinski definition) is 3. The first-order chi connectivity index (χ1) is 7.15. The zero-order valence-electron chi connectivity index (χ0n) is 7.89. The molecule has 0 aliphatic carbocycles. The second kappa shape index (κ2) is 5.21. The molecule has 0 spiro atoms. The van der Waals surface area contributed by atoms with E-state index in [1.165, 1.54) is 6.08 Å². The maximum Gasteiger partial charge on any atom is 0.276 e. The molecular weight excluding hydrogens is 201 g/mol. The predicted octanol–water partition coefficient (Wildman–Crippen LogP) is 2.13. The van der Waals surface area contributed by atoms with Gasteiger partial charge in [-0.3, -0.25) is 10.1 Å². The third-order valence-electron chi connectivity index (χ3n) is 1.78. The summed E-state index contributed by atoms with van der Waals surface area (Å²) >= 11 is 0. The topological polar surface area (TPSA) is 63.4 Å². The Morgan fingerprint density at radius 2 is 2.27 bits per heavy atom. The standard InChI is InChI=1S/C10H10FNO3/c11-9-4-5-10(12(14)15)8(7-9)3-1-2-6-13/h1,3-5,7,13H,2,6H2. The summed E-state index contributed by atoms with van der Waals surface area (Å²) in [5, 5.41) is 19.1. The van der Waals surface area contributed by atoms with E-state index in [9.17, 15) is 14.5 Å². The van der Waals surface area contributed by atoms with Gasteiger partial charge in [-0.2, -0.15) is 0 Å². The van der Waals surface area contributed by atoms with Crippen molar-refractivity contribution in [1.29, 1.82) is 0 Å². The first kappa shape index (κ1) is 11.3. The summed E-state index contributed by atoms with van der Waals surface area (Å²) < 4.78 is 12.8. The highest BCUT2D eigenvalue weighted by Gasteiger charge is 2.11. The minimum absolute atomic E-state index is 0.0421. The Hall–Kier alpha value is -1.75. The van der Waals surface area contributed by atoms with Crippen molar-refractivity contribution in [1.82, 2.24) is 0 Å². The largest absolute Gasteiger partial charge is 0.396 e. The number of aliphatic hydroxyl groups excluding tert-OH is 1. The van der Waals surface area contributed by atoms with Gasteiger partial charge in [-0.25, -0.2) is 4.39 Å². The molecule has 0 aromatic heterocycles. The monoisotopic (exact) mass is 211 g/mol. The third kappa shape index (κ3) is 3.14. The Bertz CT molecular complexity index is 390. The van der Waals surface area contributed by atoms with E-state index in [0.29, 0.717) is 6.42 Å². The number of nitrogens with zero attached hydrogens (tertiary/aromatic N) is 1. The Balaban J connectivity index is 3.02. The molecular formula is C10H10FNO3. The second-order valence-electron chi connectivity index (χ2n) is 2.87. The van der Waals surface area contributed by atoms with Crippen molar-refractivity contribution in [2.24, 2.45) is 0 Å². The van der Waals surface area contributed by atoms with Crippen molar-refractivity contribution < 1.29 is 14.4 Å². The van der Waals surface area contributed by atoms with Crippen LogP contribution in [0.25, 0.3) is 6.08 Å². The molecule has 1 aromatic carbocycles. The van der Waals surface area contributed by atoms with Crippen molar-refractivity contribution in [3.8, 4) is 0 Å². The molecule has 0 bridgehead atoms. The molecule has 1 aromatic rings. The van der Waals surface area contributed by atoms with E-state index in [1.54, 1.807) is 6.08 Å². The quantitative estimate of drug-likeness (QED) is 0.612. The van der Waals surface area contributed by atoms with E-state index in [-0.39, 0.29) is 17.9 Å². The maximum atomic E-state index is 12.8. The Kier molecular flexibility index (Phi) is 3.93. The molecule has 0 saturated carbocycles. The van der Waals surface area contributed by atoms with Crippen molar-refractivity contribution in [3.63, 3.8) is 0 Å². The normalized spacial score (nSPS) is 10.8. The molecule has 0 unspecified atom stereocenters. The molecule has 0 aliphatic heterocycles. The summed E-state index contributed by atoms with van der Waals surface area (Å²) in [6.45, 7) is -0.0421. The number of hydrogen-bond donors (Lipinski definition) is 1. The third-order valence-corrected chi connectivity index (χ3v) is 1.78. The van der Waals surface area contributed by atoms with Crippen LogP contribution in [0.4, 0.5) is 10.1 Å². The van der Waals surface area contributed by atoms with Gasteiger partial charge in [-0.05, 0) is 18.6 Å². The van der Waals surface area contributed by atoms with Crippen LogP contribution in [0.15, 0.2) is 24.3 Å². The van der Waals surface area contributed by atoms with Crippen LogP contribution in [-0.4, -0.2) is 16.6 Å². The average Bonchev–Trinajstić information content (AvgIpc) is 2.18. The highest BCUT2D eigenvalue weighted by atomic mass is 19.1. The van der Waals surface area contributed by atoms with Crippen LogP contribution < -0.4 is 0 Å². The van der Waals surface area contributed by atoms with Gasteiger partial charge in [-0.15, -0.1) is 0 Å². The molecule has 0 saturated heterocycles. The molecule has 0 amide bonds. The Labute approximate surface area is 85.8 Å². The van der Waals surface area contributed by atoms with Gasteiger partial charge < -0.3 is 5.11 Å². The summed E-state index contributed by atoms with van der Waals surface area (Å²) in [6, 6.07) is 3.25. The number of aliphatic hydroxyl groups is 1. The fourth-order valence-electron chi connectivity index (χ4n) is 1.11. The van der Waals surface area contributed by atoms with Crippen LogP contribution in [0.5, 0.6) is 0 Å². The van der Waals surface area contributed by atoms with Crippen LogP contribution in [0.2, 0.25) is 0 Å². The lowest BCUT2D eigenvalue weighted by Crippen LogP contribution is -1.92. The first-order valence-electron chi connectivity index (χ1n) is 4.36. The lowest BCUT2D eigenvalue weighted by molar-refractivity contribution is -0.385. The molecule has 80 valence electrons. The van der Waals surface area contributed by atoms with Crippen molar-refractivity contribution in [2.45, 2.75) is 6.42 Å². The first-order valence-corrected chi connectivity index (χ1v) is 4.36. The second-order valence-corrected chi connectivity index (χ2v) is 2.87. The van der Waals surface area contributed by atoms with Gasteiger partial charge in [0.05, 0.1) is 10.5 Å². The van der Waals surface area contributed by atoms with E-state index >= 15 is 0 Å². The molecule has 0 fully saturated rings. The maximum absolute atomic E-state index is 12.8. The van der Waals surface area contributed by atoms with E-state index in [0.717, 1.165) is 18.2 Å². The lowest BCUT2D eigenvalue weighted by Gasteiger charge is -1.97. The van der Waals surface area contributed by atoms with Crippen LogP contribution >= 0.6 is 0 Å². The molecule has 0 aliphatic rings. The fourth-order valence-corrected chi connectivity index (χ4v) is 1.11. The number of nitro benzene ring substituents is 1. The van der Waals surface area contributed by atoms with E-state index in [1.807, 2.05) is 0 Å². The number of rotatable bonds is 4. The fraction of sp³-hybridized carbons (Fsp3) is 0.200. The van der Waals surface area contributed by atoms with E-state index in [4.69, 9.17) is 5.11 Å². The van der Waals surface area contributed by atoms with Crippen molar-refractivity contribution in [2.75, 3.05) is 6.61 Å². The highest BCUT2D eigenvalue weighted by molar-refractivity contribution is 5.60. The minimum Gasteiger partial charge on any atom is -0.396 e. The number of halogens is 1. The smallest absolute Gasteiger partial charge is 0.276 e. The molecule has 5 heteroatoms. The SMILES string of the molecule is O=[N+]([O-])c1ccc(F)cc1C=CCCO. The summed E-state index contributed by atoms with van der Waals surface area (Å²) in [4.78, 5) is 9.99. The molecule has 1 N–H and O–H groups in total. The average molecular weight is 211 g/mol. The van der Waals surface area contributed by atoms with Gasteiger partial charge in [-0.1, -0.05) is 12.2 Å². The zero-order chi connectivity index (χ0) is 11.3. The van der Waals surface area contributed by atoms with Gasteiger partial charge in [0.25, 0.3) is 5.69 Å². The van der Waals surface area contributed by atoms with Crippen LogP contribution in [0.3, 0.4) is 0 Å². The molecule has 15 heavy (non-hydrogen) atoms. The molecule has 0 heterocycles. The molecule has 0 atom stereocenters. The van der Waals surface area contributed by atoms with Crippen molar-refractivity contribution in [3.05, 3.63) is 45.8 Å². The molecule has 1 rings (SSSR count). The van der Waals surface area contributed by atoms with Crippen LogP contribution in [-0.2, 0) is 0 Å². The summed E-state index contributed by atoms with van der Waals surface area (Å²) in [6.07, 6.45) is 3.37. The van der Waals surface area contributed by atoms with Gasteiger partial charge in [0.2, 0.25) is 0 Å². The summed E-state index contributed by atoms with van der Waals surface area (Å²) in [7, 11) is 0. The Morgan fingerprint density at radius 3 is 2.87 bits per heavy atom. The number of nitro groups is 1. The summed E-state index contributed by atoms with van der Waals surface area (Å²) in [5.74, 6) is -0.524. The van der Waals surface area contributed by atoms with Crippen LogP contribution in [0.1, 0.15) is 12.0 Å². The highest BCUT2D eigenvalue weighted by Crippen LogP contribution is 2.20. The van der Waals surface area contributed by atoms with Crippen molar-refractivity contribution >= 4 is 11.8 Å². The Morgan fingerprint density at radius 1 is 1.53 bits per heavy atom. The van der Waals surface area contributed by atoms with Gasteiger partial charge >= 0.3 is 0 Å².